The number of carbonyl (C=O) groups is 2. The zero-order chi connectivity index (χ0) is 20.1. The van der Waals surface area contributed by atoms with Gasteiger partial charge in [-0.15, -0.1) is 0 Å². The molecule has 0 radical (unpaired) electrons. The van der Waals surface area contributed by atoms with Gasteiger partial charge in [0.1, 0.15) is 5.75 Å². The predicted molar refractivity (Wildman–Crippen MR) is 110 cm³/mol. The molecule has 1 atom stereocenters. The van der Waals surface area contributed by atoms with Crippen LogP contribution in [-0.4, -0.2) is 54.4 Å². The second-order valence-corrected chi connectivity index (χ2v) is 9.20. The van der Waals surface area contributed by atoms with E-state index in [0.29, 0.717) is 18.1 Å². The van der Waals surface area contributed by atoms with Crippen LogP contribution in [0.2, 0.25) is 0 Å². The van der Waals surface area contributed by atoms with E-state index in [2.05, 4.69) is 0 Å². The zero-order valence-corrected chi connectivity index (χ0v) is 17.6. The fourth-order valence-electron chi connectivity index (χ4n) is 4.07. The first-order valence-electron chi connectivity index (χ1n) is 10.7. The summed E-state index contributed by atoms with van der Waals surface area (Å²) in [6, 6.07) is 7.53. The van der Waals surface area contributed by atoms with E-state index in [1.165, 1.54) is 6.42 Å². The molecule has 2 heterocycles. The first kappa shape index (κ1) is 20.7. The van der Waals surface area contributed by atoms with Crippen LogP contribution in [0.1, 0.15) is 63.2 Å². The molecule has 3 rings (SSSR count). The second kappa shape index (κ2) is 8.97. The number of amides is 2. The highest BCUT2D eigenvalue weighted by molar-refractivity contribution is 5.94. The number of hydrogen-bond donors (Lipinski definition) is 0. The number of ether oxygens (including phenoxy) is 1. The largest absolute Gasteiger partial charge is 0.493 e. The van der Waals surface area contributed by atoms with Gasteiger partial charge < -0.3 is 14.5 Å². The van der Waals surface area contributed by atoms with Crippen LogP contribution >= 0.6 is 0 Å². The molecule has 2 aliphatic heterocycles. The van der Waals surface area contributed by atoms with Crippen molar-refractivity contribution in [1.29, 1.82) is 0 Å². The van der Waals surface area contributed by atoms with E-state index in [4.69, 9.17) is 4.74 Å². The molecule has 5 heteroatoms. The Morgan fingerprint density at radius 2 is 1.75 bits per heavy atom. The van der Waals surface area contributed by atoms with Crippen molar-refractivity contribution < 1.29 is 14.3 Å². The van der Waals surface area contributed by atoms with E-state index < -0.39 is 0 Å². The summed E-state index contributed by atoms with van der Waals surface area (Å²) in [6.07, 6.45) is 5.48. The van der Waals surface area contributed by atoms with Crippen molar-refractivity contribution in [2.75, 3.05) is 32.8 Å². The van der Waals surface area contributed by atoms with Crippen LogP contribution in [0.15, 0.2) is 24.3 Å². The van der Waals surface area contributed by atoms with Gasteiger partial charge in [0.25, 0.3) is 5.91 Å². The van der Waals surface area contributed by atoms with Gasteiger partial charge in [0, 0.05) is 43.1 Å². The van der Waals surface area contributed by atoms with Crippen LogP contribution in [0, 0.1) is 11.3 Å². The minimum Gasteiger partial charge on any atom is -0.493 e. The lowest BCUT2D eigenvalue weighted by atomic mass is 9.91. The third-order valence-electron chi connectivity index (χ3n) is 5.66. The Morgan fingerprint density at radius 1 is 1.04 bits per heavy atom. The molecule has 0 spiro atoms. The summed E-state index contributed by atoms with van der Waals surface area (Å²) in [5.74, 6) is 1.39. The summed E-state index contributed by atoms with van der Waals surface area (Å²) in [5, 5.41) is 0. The van der Waals surface area contributed by atoms with Crippen LogP contribution in [0.3, 0.4) is 0 Å². The Morgan fingerprint density at radius 3 is 2.46 bits per heavy atom. The number of rotatable bonds is 4. The summed E-state index contributed by atoms with van der Waals surface area (Å²) in [5.41, 5.74) is 0.360. The van der Waals surface area contributed by atoms with Gasteiger partial charge in [0.15, 0.2) is 0 Å². The summed E-state index contributed by atoms with van der Waals surface area (Å²) >= 11 is 0. The second-order valence-electron chi connectivity index (χ2n) is 9.20. The van der Waals surface area contributed by atoms with Crippen molar-refractivity contribution >= 4 is 11.8 Å². The highest BCUT2D eigenvalue weighted by Crippen LogP contribution is 2.25. The number of nitrogens with zero attached hydrogens (tertiary/aromatic N) is 2. The SMILES string of the molecule is CC(C)(C)C(=O)N1CCC[C@@H](COc2cccc(C(=O)N3CCCCC3)c2)C1. The summed E-state index contributed by atoms with van der Waals surface area (Å²) in [6.45, 7) is 9.79. The highest BCUT2D eigenvalue weighted by Gasteiger charge is 2.31. The minimum atomic E-state index is -0.341. The van der Waals surface area contributed by atoms with Crippen molar-refractivity contribution in [1.82, 2.24) is 9.80 Å². The van der Waals surface area contributed by atoms with Crippen molar-refractivity contribution in [3.63, 3.8) is 0 Å². The van der Waals surface area contributed by atoms with E-state index in [1.54, 1.807) is 0 Å². The summed E-state index contributed by atoms with van der Waals surface area (Å²) in [4.78, 5) is 29.2. The van der Waals surface area contributed by atoms with Crippen molar-refractivity contribution in [3.05, 3.63) is 29.8 Å². The zero-order valence-electron chi connectivity index (χ0n) is 17.6. The van der Waals surface area contributed by atoms with Crippen LogP contribution in [0.4, 0.5) is 0 Å². The monoisotopic (exact) mass is 386 g/mol. The molecular weight excluding hydrogens is 352 g/mol. The topological polar surface area (TPSA) is 49.9 Å². The molecule has 28 heavy (non-hydrogen) atoms. The summed E-state index contributed by atoms with van der Waals surface area (Å²) in [7, 11) is 0. The van der Waals surface area contributed by atoms with E-state index in [-0.39, 0.29) is 17.2 Å². The molecule has 154 valence electrons. The average Bonchev–Trinajstić information content (AvgIpc) is 2.71. The smallest absolute Gasteiger partial charge is 0.253 e. The first-order valence-corrected chi connectivity index (χ1v) is 10.7. The molecule has 1 aromatic rings. The van der Waals surface area contributed by atoms with E-state index in [0.717, 1.165) is 57.6 Å². The van der Waals surface area contributed by atoms with Gasteiger partial charge in [-0.1, -0.05) is 26.8 Å². The maximum Gasteiger partial charge on any atom is 0.253 e. The lowest BCUT2D eigenvalue weighted by molar-refractivity contribution is -0.141. The summed E-state index contributed by atoms with van der Waals surface area (Å²) < 4.78 is 6.03. The third kappa shape index (κ3) is 5.27. The van der Waals surface area contributed by atoms with Crippen molar-refractivity contribution in [3.8, 4) is 5.75 Å². The van der Waals surface area contributed by atoms with Crippen molar-refractivity contribution in [2.24, 2.45) is 11.3 Å². The molecule has 0 aliphatic carbocycles. The van der Waals surface area contributed by atoms with Crippen LogP contribution in [0.25, 0.3) is 0 Å². The van der Waals surface area contributed by atoms with Gasteiger partial charge in [-0.2, -0.15) is 0 Å². The molecule has 2 amide bonds. The van der Waals surface area contributed by atoms with Crippen LogP contribution < -0.4 is 4.74 Å². The van der Waals surface area contributed by atoms with Crippen LogP contribution in [0.5, 0.6) is 5.75 Å². The van der Waals surface area contributed by atoms with Gasteiger partial charge in [-0.05, 0) is 50.3 Å². The molecule has 0 unspecified atom stereocenters. The van der Waals surface area contributed by atoms with Gasteiger partial charge >= 0.3 is 0 Å². The first-order chi connectivity index (χ1) is 13.3. The molecule has 0 saturated carbocycles. The number of benzene rings is 1. The highest BCUT2D eigenvalue weighted by atomic mass is 16.5. The van der Waals surface area contributed by atoms with Gasteiger partial charge in [-0.3, -0.25) is 9.59 Å². The van der Waals surface area contributed by atoms with E-state index in [1.807, 2.05) is 54.8 Å². The van der Waals surface area contributed by atoms with E-state index in [9.17, 15) is 9.59 Å². The molecule has 1 aromatic carbocycles. The number of likely N-dealkylation sites (tertiary alicyclic amines) is 2. The normalized spacial score (nSPS) is 20.8. The van der Waals surface area contributed by atoms with Gasteiger partial charge in [0.2, 0.25) is 5.91 Å². The molecule has 0 aromatic heterocycles. The molecule has 0 N–H and O–H groups in total. The molecule has 0 bridgehead atoms. The Kier molecular flexibility index (Phi) is 6.63. The Hall–Kier alpha value is -2.04. The third-order valence-corrected chi connectivity index (χ3v) is 5.66. The molecule has 2 aliphatic rings. The average molecular weight is 387 g/mol. The number of piperidine rings is 2. The lowest BCUT2D eigenvalue weighted by Gasteiger charge is -2.36. The fraction of sp³-hybridized carbons (Fsp3) is 0.652. The number of hydrogen-bond acceptors (Lipinski definition) is 3. The van der Waals surface area contributed by atoms with Crippen LogP contribution in [-0.2, 0) is 4.79 Å². The maximum absolute atomic E-state index is 12.7. The predicted octanol–water partition coefficient (Wildman–Crippen LogP) is 3.98. The fourth-order valence-corrected chi connectivity index (χ4v) is 4.07. The Labute approximate surface area is 169 Å². The van der Waals surface area contributed by atoms with Gasteiger partial charge in [-0.25, -0.2) is 0 Å². The Bertz CT molecular complexity index is 689. The molecular formula is C23H34N2O3. The minimum absolute atomic E-state index is 0.102. The Balaban J connectivity index is 1.56. The quantitative estimate of drug-likeness (QED) is 0.787. The standard InChI is InChI=1S/C23H34N2O3/c1-23(2,3)22(27)25-14-8-9-18(16-25)17-28-20-11-7-10-19(15-20)21(26)24-12-5-4-6-13-24/h7,10-11,15,18H,4-6,8-9,12-14,16-17H2,1-3H3/t18-/m1/s1. The maximum atomic E-state index is 12.7. The van der Waals surface area contributed by atoms with Gasteiger partial charge in [0.05, 0.1) is 6.61 Å². The van der Waals surface area contributed by atoms with Crippen molar-refractivity contribution in [2.45, 2.75) is 52.9 Å². The molecule has 5 nitrogen and oxygen atoms in total. The van der Waals surface area contributed by atoms with E-state index >= 15 is 0 Å². The molecule has 2 fully saturated rings. The molecule has 2 saturated heterocycles. The number of carbonyl (C=O) groups excluding carboxylic acids is 2. The lowest BCUT2D eigenvalue weighted by Crippen LogP contribution is -2.46.